The van der Waals surface area contributed by atoms with Crippen LogP contribution in [0.4, 0.5) is 0 Å². The van der Waals surface area contributed by atoms with E-state index >= 15 is 0 Å². The van der Waals surface area contributed by atoms with Crippen LogP contribution in [0.3, 0.4) is 0 Å². The third-order valence-electron chi connectivity index (χ3n) is 5.29. The molecule has 2 heterocycles. The van der Waals surface area contributed by atoms with Crippen LogP contribution in [0, 0.1) is 6.92 Å². The number of fused-ring (bicyclic) bond motifs is 1. The molecule has 0 amide bonds. The van der Waals surface area contributed by atoms with Crippen molar-refractivity contribution in [2.75, 3.05) is 6.54 Å². The Balaban J connectivity index is 1.78. The van der Waals surface area contributed by atoms with Crippen LogP contribution in [0.5, 0.6) is 0 Å². The van der Waals surface area contributed by atoms with Gasteiger partial charge in [-0.3, -0.25) is 4.90 Å². The third-order valence-corrected chi connectivity index (χ3v) is 5.29. The predicted molar refractivity (Wildman–Crippen MR) is 106 cm³/mol. The lowest BCUT2D eigenvalue weighted by Crippen LogP contribution is -2.38. The summed E-state index contributed by atoms with van der Waals surface area (Å²) in [6.07, 6.45) is 1.05. The topological polar surface area (TPSA) is 46.8 Å². The Bertz CT molecular complexity index is 920. The molecule has 5 heteroatoms. The number of tetrazole rings is 1. The second-order valence-electron chi connectivity index (χ2n) is 8.42. The summed E-state index contributed by atoms with van der Waals surface area (Å²) in [5.41, 5.74) is 5.18. The van der Waals surface area contributed by atoms with Crippen molar-refractivity contribution in [3.05, 3.63) is 76.6 Å². The maximum absolute atomic E-state index is 4.47. The fourth-order valence-electron chi connectivity index (χ4n) is 3.85. The number of aryl methyl sites for hydroxylation is 1. The van der Waals surface area contributed by atoms with Crippen molar-refractivity contribution in [1.29, 1.82) is 0 Å². The van der Waals surface area contributed by atoms with Gasteiger partial charge >= 0.3 is 0 Å². The van der Waals surface area contributed by atoms with Gasteiger partial charge in [0.25, 0.3) is 0 Å². The number of aromatic nitrogens is 4. The average Bonchev–Trinajstić information content (AvgIpc) is 3.13. The van der Waals surface area contributed by atoms with Gasteiger partial charge in [-0.15, -0.1) is 5.10 Å². The maximum atomic E-state index is 4.47. The summed E-state index contributed by atoms with van der Waals surface area (Å²) in [4.78, 5) is 2.50. The molecule has 0 N–H and O–H groups in total. The second kappa shape index (κ2) is 6.89. The molecule has 0 saturated carbocycles. The van der Waals surface area contributed by atoms with E-state index in [1.165, 1.54) is 22.3 Å². The molecule has 0 bridgehead atoms. The molecule has 27 heavy (non-hydrogen) atoms. The zero-order chi connectivity index (χ0) is 19.0. The Morgan fingerprint density at radius 2 is 1.67 bits per heavy atom. The van der Waals surface area contributed by atoms with Crippen molar-refractivity contribution in [3.8, 4) is 0 Å². The van der Waals surface area contributed by atoms with Gasteiger partial charge in [-0.2, -0.15) is 0 Å². The summed E-state index contributed by atoms with van der Waals surface area (Å²) >= 11 is 0. The Labute approximate surface area is 161 Å². The molecular formula is C22H27N5. The van der Waals surface area contributed by atoms with E-state index in [2.05, 4.69) is 96.7 Å². The number of benzene rings is 2. The predicted octanol–water partition coefficient (Wildman–Crippen LogP) is 3.88. The van der Waals surface area contributed by atoms with Crippen LogP contribution in [0.2, 0.25) is 0 Å². The summed E-state index contributed by atoms with van der Waals surface area (Å²) in [6, 6.07) is 17.5. The van der Waals surface area contributed by atoms with Gasteiger partial charge < -0.3 is 0 Å². The van der Waals surface area contributed by atoms with E-state index in [1.54, 1.807) is 0 Å². The zero-order valence-electron chi connectivity index (χ0n) is 16.6. The number of hydrogen-bond acceptors (Lipinski definition) is 4. The van der Waals surface area contributed by atoms with E-state index in [4.69, 9.17) is 0 Å². The van der Waals surface area contributed by atoms with Gasteiger partial charge in [0.15, 0.2) is 5.82 Å². The Morgan fingerprint density at radius 3 is 2.37 bits per heavy atom. The highest BCUT2D eigenvalue weighted by molar-refractivity contribution is 5.32. The van der Waals surface area contributed by atoms with Crippen molar-refractivity contribution in [3.63, 3.8) is 0 Å². The molecule has 3 aromatic rings. The highest BCUT2D eigenvalue weighted by atomic mass is 15.6. The fourth-order valence-corrected chi connectivity index (χ4v) is 3.85. The zero-order valence-corrected chi connectivity index (χ0v) is 16.6. The van der Waals surface area contributed by atoms with E-state index in [-0.39, 0.29) is 11.6 Å². The van der Waals surface area contributed by atoms with Gasteiger partial charge in [0.05, 0.1) is 11.6 Å². The minimum atomic E-state index is -0.171. The first-order valence-corrected chi connectivity index (χ1v) is 9.59. The van der Waals surface area contributed by atoms with Crippen LogP contribution in [0.25, 0.3) is 0 Å². The van der Waals surface area contributed by atoms with Crippen molar-refractivity contribution in [1.82, 2.24) is 25.1 Å². The minimum Gasteiger partial charge on any atom is -0.285 e. The van der Waals surface area contributed by atoms with E-state index < -0.39 is 0 Å². The number of nitrogens with zero attached hydrogens (tertiary/aromatic N) is 5. The second-order valence-corrected chi connectivity index (χ2v) is 8.42. The van der Waals surface area contributed by atoms with Gasteiger partial charge in [0.2, 0.25) is 0 Å². The number of hydrogen-bond donors (Lipinski definition) is 0. The highest BCUT2D eigenvalue weighted by Crippen LogP contribution is 2.33. The van der Waals surface area contributed by atoms with E-state index in [9.17, 15) is 0 Å². The smallest absolute Gasteiger partial charge is 0.173 e. The van der Waals surface area contributed by atoms with Crippen LogP contribution in [-0.4, -0.2) is 31.7 Å². The lowest BCUT2D eigenvalue weighted by atomic mass is 9.95. The molecule has 4 rings (SSSR count). The molecule has 0 unspecified atom stereocenters. The first-order chi connectivity index (χ1) is 12.9. The molecule has 140 valence electrons. The van der Waals surface area contributed by atoms with Crippen molar-refractivity contribution < 1.29 is 0 Å². The Kier molecular flexibility index (Phi) is 4.56. The lowest BCUT2D eigenvalue weighted by Gasteiger charge is -2.36. The normalized spacial score (nSPS) is 16.1. The van der Waals surface area contributed by atoms with Crippen LogP contribution in [-0.2, 0) is 18.5 Å². The molecule has 1 aliphatic rings. The molecule has 5 nitrogen and oxygen atoms in total. The minimum absolute atomic E-state index is 0.0354. The largest absolute Gasteiger partial charge is 0.285 e. The lowest BCUT2D eigenvalue weighted by molar-refractivity contribution is 0.185. The molecule has 0 spiro atoms. The Morgan fingerprint density at radius 1 is 0.963 bits per heavy atom. The van der Waals surface area contributed by atoms with Crippen molar-refractivity contribution >= 4 is 0 Å². The molecule has 0 fully saturated rings. The van der Waals surface area contributed by atoms with Gasteiger partial charge in [0, 0.05) is 13.1 Å². The fraction of sp³-hybridized carbons (Fsp3) is 0.409. The molecule has 1 aliphatic heterocycles. The van der Waals surface area contributed by atoms with Crippen LogP contribution in [0.15, 0.2) is 48.5 Å². The third kappa shape index (κ3) is 3.52. The first kappa shape index (κ1) is 17.9. The van der Waals surface area contributed by atoms with Crippen LogP contribution < -0.4 is 0 Å². The number of rotatable bonds is 3. The quantitative estimate of drug-likeness (QED) is 0.710. The van der Waals surface area contributed by atoms with Gasteiger partial charge in [-0.25, -0.2) is 4.68 Å². The van der Waals surface area contributed by atoms with Crippen LogP contribution in [0.1, 0.15) is 54.9 Å². The summed E-state index contributed by atoms with van der Waals surface area (Å²) in [5.74, 6) is 0.908. The van der Waals surface area contributed by atoms with E-state index in [0.717, 1.165) is 25.3 Å². The van der Waals surface area contributed by atoms with Gasteiger partial charge in [-0.1, -0.05) is 54.1 Å². The average molecular weight is 361 g/mol. The van der Waals surface area contributed by atoms with Gasteiger partial charge in [0.1, 0.15) is 0 Å². The highest BCUT2D eigenvalue weighted by Gasteiger charge is 2.32. The summed E-state index contributed by atoms with van der Waals surface area (Å²) in [7, 11) is 0. The summed E-state index contributed by atoms with van der Waals surface area (Å²) in [5, 5.41) is 12.8. The van der Waals surface area contributed by atoms with Crippen molar-refractivity contribution in [2.45, 2.75) is 52.2 Å². The monoisotopic (exact) mass is 361 g/mol. The molecule has 0 saturated heterocycles. The maximum Gasteiger partial charge on any atom is 0.173 e. The van der Waals surface area contributed by atoms with E-state index in [1.807, 2.05) is 4.68 Å². The standard InChI is InChI=1S/C22H27N5/c1-16-9-11-18(12-10-16)20(21-23-24-25-27(21)22(2,3)4)26-14-13-17-7-5-6-8-19(17)15-26/h5-12,20H,13-15H2,1-4H3/t20-/m1/s1. The SMILES string of the molecule is Cc1ccc([C@H](c2nnnn2C(C)(C)C)N2CCc3ccccc3C2)cc1. The Hall–Kier alpha value is -2.53. The molecule has 2 aromatic carbocycles. The molecule has 1 atom stereocenters. The molecule has 0 aliphatic carbocycles. The molecule has 0 radical (unpaired) electrons. The van der Waals surface area contributed by atoms with E-state index in [0.29, 0.717) is 0 Å². The van der Waals surface area contributed by atoms with Crippen molar-refractivity contribution in [2.24, 2.45) is 0 Å². The van der Waals surface area contributed by atoms with Gasteiger partial charge in [-0.05, 0) is 61.2 Å². The molecular weight excluding hydrogens is 334 g/mol. The van der Waals surface area contributed by atoms with Crippen LogP contribution >= 0.6 is 0 Å². The summed E-state index contributed by atoms with van der Waals surface area (Å²) in [6.45, 7) is 10.5. The first-order valence-electron chi connectivity index (χ1n) is 9.59. The molecule has 1 aromatic heterocycles. The summed E-state index contributed by atoms with van der Waals surface area (Å²) < 4.78 is 1.97.